The summed E-state index contributed by atoms with van der Waals surface area (Å²) >= 11 is 0. The molecular weight excluding hydrogens is 1100 g/mol. The Morgan fingerprint density at radius 1 is 0.325 bits per heavy atom. The van der Waals surface area contributed by atoms with Crippen LogP contribution >= 0.6 is 15.6 Å². The quantitative estimate of drug-likeness (QED) is 0.0222. The lowest BCUT2D eigenvalue weighted by molar-refractivity contribution is -0.161. The number of carbonyl (C=O) groups is 4. The van der Waals surface area contributed by atoms with Crippen molar-refractivity contribution in [3.05, 3.63) is 0 Å². The Kier molecular flexibility index (Phi) is 56.4. The summed E-state index contributed by atoms with van der Waals surface area (Å²) in [7, 11) is -9.87. The van der Waals surface area contributed by atoms with Gasteiger partial charge in [0, 0.05) is 25.7 Å². The van der Waals surface area contributed by atoms with Crippen molar-refractivity contribution in [3.8, 4) is 0 Å². The van der Waals surface area contributed by atoms with Crippen LogP contribution in [0.3, 0.4) is 0 Å². The van der Waals surface area contributed by atoms with E-state index in [1.54, 1.807) is 0 Å². The van der Waals surface area contributed by atoms with E-state index in [9.17, 15) is 43.2 Å². The first kappa shape index (κ1) is 81.1. The van der Waals surface area contributed by atoms with Gasteiger partial charge < -0.3 is 33.8 Å². The van der Waals surface area contributed by atoms with Crippen LogP contribution in [0.2, 0.25) is 0 Å². The second kappa shape index (κ2) is 57.8. The molecule has 17 nitrogen and oxygen atoms in total. The van der Waals surface area contributed by atoms with Gasteiger partial charge in [-0.2, -0.15) is 0 Å². The van der Waals surface area contributed by atoms with Crippen LogP contribution in [0.25, 0.3) is 0 Å². The number of rotatable bonds is 64. The topological polar surface area (TPSA) is 237 Å². The molecule has 19 heteroatoms. The van der Waals surface area contributed by atoms with Gasteiger partial charge in [0.25, 0.3) is 0 Å². The van der Waals surface area contributed by atoms with Gasteiger partial charge in [-0.25, -0.2) is 9.13 Å². The molecule has 2 unspecified atom stereocenters. The van der Waals surface area contributed by atoms with Crippen molar-refractivity contribution in [2.75, 3.05) is 39.6 Å². The summed E-state index contributed by atoms with van der Waals surface area (Å²) < 4.78 is 67.7. The second-order valence-electron chi connectivity index (χ2n) is 23.6. The first-order valence-electron chi connectivity index (χ1n) is 33.6. The highest BCUT2D eigenvalue weighted by Gasteiger charge is 2.30. The molecule has 0 aliphatic rings. The van der Waals surface area contributed by atoms with Gasteiger partial charge in [-0.3, -0.25) is 37.3 Å². The molecule has 0 rings (SSSR count). The van der Waals surface area contributed by atoms with E-state index in [-0.39, 0.29) is 25.7 Å². The van der Waals surface area contributed by atoms with Crippen LogP contribution in [-0.2, 0) is 65.4 Å². The molecule has 0 amide bonds. The van der Waals surface area contributed by atoms with E-state index < -0.39 is 97.5 Å². The van der Waals surface area contributed by atoms with Crippen LogP contribution in [0, 0.1) is 5.92 Å². The number of ether oxygens (including phenoxy) is 4. The molecule has 0 fully saturated rings. The summed E-state index contributed by atoms with van der Waals surface area (Å²) in [6.07, 6.45) is 42.4. The molecule has 0 aromatic carbocycles. The third-order valence-electron chi connectivity index (χ3n) is 14.8. The molecule has 83 heavy (non-hydrogen) atoms. The normalized spacial score (nSPS) is 14.2. The van der Waals surface area contributed by atoms with Crippen molar-refractivity contribution in [1.29, 1.82) is 0 Å². The number of hydrogen-bond donors (Lipinski definition) is 3. The van der Waals surface area contributed by atoms with Crippen molar-refractivity contribution >= 4 is 39.5 Å². The standard InChI is InChI=1S/C64H124O17P2/c1-6-9-12-15-17-18-19-20-21-22-23-24-25-26-27-30-35-40-45-50-64(69)81-60(54-75-62(67)48-43-38-34-31-28-29-33-37-41-46-57(4)5)56-79-83(72,73)77-52-58(65)51-76-82(70,71)78-55-59(53-74-61(66)47-42-36-14-11-8-3)80-63(68)49-44-39-32-16-13-10-7-2/h57-60,65H,6-56H2,1-5H3,(H,70,71)(H,72,73)/t58-,59+,60+/m0/s1. The molecular formula is C64H124O17P2. The highest BCUT2D eigenvalue weighted by Crippen LogP contribution is 2.45. The van der Waals surface area contributed by atoms with Gasteiger partial charge >= 0.3 is 39.5 Å². The van der Waals surface area contributed by atoms with Gasteiger partial charge in [0.05, 0.1) is 26.4 Å². The number of hydrogen-bond acceptors (Lipinski definition) is 15. The van der Waals surface area contributed by atoms with Crippen molar-refractivity contribution in [2.24, 2.45) is 5.92 Å². The van der Waals surface area contributed by atoms with E-state index in [1.165, 1.54) is 128 Å². The minimum Gasteiger partial charge on any atom is -0.462 e. The number of esters is 4. The zero-order valence-corrected chi connectivity index (χ0v) is 55.1. The maximum absolute atomic E-state index is 13.0. The predicted molar refractivity (Wildman–Crippen MR) is 331 cm³/mol. The average molecular weight is 1230 g/mol. The monoisotopic (exact) mass is 1230 g/mol. The van der Waals surface area contributed by atoms with Gasteiger partial charge in [-0.15, -0.1) is 0 Å². The molecule has 5 atom stereocenters. The van der Waals surface area contributed by atoms with E-state index in [0.29, 0.717) is 25.7 Å². The number of phosphoric ester groups is 2. The third-order valence-corrected chi connectivity index (χ3v) is 16.7. The van der Waals surface area contributed by atoms with Crippen LogP contribution < -0.4 is 0 Å². The fourth-order valence-corrected chi connectivity index (χ4v) is 11.2. The summed E-state index contributed by atoms with van der Waals surface area (Å²) in [6, 6.07) is 0. The molecule has 0 saturated heterocycles. The number of unbranched alkanes of at least 4 members (excludes halogenated alkanes) is 36. The Morgan fingerprint density at radius 2 is 0.554 bits per heavy atom. The Bertz CT molecular complexity index is 1620. The summed E-state index contributed by atoms with van der Waals surface area (Å²) in [5.74, 6) is -1.40. The van der Waals surface area contributed by atoms with Gasteiger partial charge in [0.2, 0.25) is 0 Å². The predicted octanol–water partition coefficient (Wildman–Crippen LogP) is 17.8. The highest BCUT2D eigenvalue weighted by atomic mass is 31.2. The molecule has 492 valence electrons. The maximum atomic E-state index is 13.0. The summed E-state index contributed by atoms with van der Waals surface area (Å²) in [4.78, 5) is 71.8. The molecule has 0 aliphatic heterocycles. The fourth-order valence-electron chi connectivity index (χ4n) is 9.58. The third kappa shape index (κ3) is 58.8. The maximum Gasteiger partial charge on any atom is 0.472 e. The Labute approximate surface area is 505 Å². The van der Waals surface area contributed by atoms with E-state index in [1.807, 2.05) is 0 Å². The van der Waals surface area contributed by atoms with Crippen LogP contribution in [0.15, 0.2) is 0 Å². The smallest absolute Gasteiger partial charge is 0.462 e. The van der Waals surface area contributed by atoms with Crippen molar-refractivity contribution in [3.63, 3.8) is 0 Å². The lowest BCUT2D eigenvalue weighted by Crippen LogP contribution is -2.30. The molecule has 0 radical (unpaired) electrons. The molecule has 0 saturated carbocycles. The number of carbonyl (C=O) groups excluding carboxylic acids is 4. The first-order chi connectivity index (χ1) is 40.0. The molecule has 0 aliphatic carbocycles. The first-order valence-corrected chi connectivity index (χ1v) is 36.6. The van der Waals surface area contributed by atoms with Crippen molar-refractivity contribution in [1.82, 2.24) is 0 Å². The van der Waals surface area contributed by atoms with Gasteiger partial charge in [-0.1, -0.05) is 272 Å². The minimum absolute atomic E-state index is 0.103. The molecule has 0 heterocycles. The van der Waals surface area contributed by atoms with Crippen LogP contribution in [-0.4, -0.2) is 96.7 Å². The molecule has 0 bridgehead atoms. The molecule has 0 aromatic heterocycles. The lowest BCUT2D eigenvalue weighted by Gasteiger charge is -2.21. The van der Waals surface area contributed by atoms with Gasteiger partial charge in [0.15, 0.2) is 12.2 Å². The summed E-state index contributed by atoms with van der Waals surface area (Å²) in [5.41, 5.74) is 0. The van der Waals surface area contributed by atoms with Crippen molar-refractivity contribution < 1.29 is 80.2 Å². The van der Waals surface area contributed by atoms with E-state index in [0.717, 1.165) is 115 Å². The van der Waals surface area contributed by atoms with E-state index >= 15 is 0 Å². The SMILES string of the molecule is CCCCCCCCCCCCCCCCCCCCCC(=O)O[C@H](COC(=O)CCCCCCCCCCCC(C)C)COP(=O)(O)OC[C@@H](O)COP(=O)(O)OC[C@@H](COC(=O)CCCCCCC)OC(=O)CCCCCCCCC. The highest BCUT2D eigenvalue weighted by molar-refractivity contribution is 7.47. The number of phosphoric acid groups is 2. The van der Waals surface area contributed by atoms with Crippen LogP contribution in [0.4, 0.5) is 0 Å². The molecule has 0 spiro atoms. The largest absolute Gasteiger partial charge is 0.472 e. The Hall–Kier alpha value is -1.94. The molecule has 3 N–H and O–H groups in total. The van der Waals surface area contributed by atoms with E-state index in [4.69, 9.17) is 37.0 Å². The number of aliphatic hydroxyl groups excluding tert-OH is 1. The van der Waals surface area contributed by atoms with Gasteiger partial charge in [0.1, 0.15) is 19.3 Å². The second-order valence-corrected chi connectivity index (χ2v) is 26.5. The lowest BCUT2D eigenvalue weighted by atomic mass is 10.0. The fraction of sp³-hybridized carbons (Fsp3) is 0.938. The average Bonchev–Trinajstić information content (AvgIpc) is 3.47. The number of aliphatic hydroxyl groups is 1. The Morgan fingerprint density at radius 3 is 0.819 bits per heavy atom. The molecule has 0 aromatic rings. The van der Waals surface area contributed by atoms with Crippen LogP contribution in [0.5, 0.6) is 0 Å². The zero-order valence-electron chi connectivity index (χ0n) is 53.3. The minimum atomic E-state index is -4.94. The van der Waals surface area contributed by atoms with E-state index in [2.05, 4.69) is 34.6 Å². The summed E-state index contributed by atoms with van der Waals surface area (Å²) in [5, 5.41) is 10.5. The zero-order chi connectivity index (χ0) is 61.3. The Balaban J connectivity index is 5.10. The summed E-state index contributed by atoms with van der Waals surface area (Å²) in [6.45, 7) is 7.04. The van der Waals surface area contributed by atoms with Crippen molar-refractivity contribution in [2.45, 2.75) is 342 Å². The van der Waals surface area contributed by atoms with Crippen LogP contribution in [0.1, 0.15) is 324 Å². The van der Waals surface area contributed by atoms with Gasteiger partial charge in [-0.05, 0) is 31.6 Å².